The van der Waals surface area contributed by atoms with Crippen LogP contribution in [0.3, 0.4) is 0 Å². The molecule has 0 aromatic carbocycles. The number of nitrogens with zero attached hydrogens (tertiary/aromatic N) is 1. The first-order valence-corrected chi connectivity index (χ1v) is 6.71. The first-order chi connectivity index (χ1) is 8.15. The molecule has 4 nitrogen and oxygen atoms in total. The highest BCUT2D eigenvalue weighted by molar-refractivity contribution is 5.82. The lowest BCUT2D eigenvalue weighted by atomic mass is 9.85. The fraction of sp³-hybridized carbons (Fsp3) is 0.923. The maximum Gasteiger partial charge on any atom is 0.242 e. The molecule has 2 fully saturated rings. The monoisotopic (exact) mass is 240 g/mol. The summed E-state index contributed by atoms with van der Waals surface area (Å²) in [7, 11) is 1.59. The number of fused-ring (bicyclic) bond motifs is 1. The zero-order valence-corrected chi connectivity index (χ0v) is 10.9. The van der Waals surface area contributed by atoms with Gasteiger partial charge in [0.05, 0.1) is 6.61 Å². The minimum Gasteiger partial charge on any atom is -0.383 e. The largest absolute Gasteiger partial charge is 0.383 e. The summed E-state index contributed by atoms with van der Waals surface area (Å²) >= 11 is 0. The normalized spacial score (nSPS) is 34.5. The highest BCUT2D eigenvalue weighted by Crippen LogP contribution is 2.39. The van der Waals surface area contributed by atoms with Gasteiger partial charge in [0.1, 0.15) is 6.04 Å². The minimum atomic E-state index is -0.497. The molecule has 1 saturated carbocycles. The molecular formula is C13H24N2O2. The zero-order valence-electron chi connectivity index (χ0n) is 10.9. The molecule has 2 rings (SSSR count). The van der Waals surface area contributed by atoms with Gasteiger partial charge in [-0.3, -0.25) is 4.79 Å². The Labute approximate surface area is 103 Å². The Morgan fingerprint density at radius 2 is 2.18 bits per heavy atom. The summed E-state index contributed by atoms with van der Waals surface area (Å²) in [6, 6.07) is 0.288. The van der Waals surface area contributed by atoms with Crippen molar-refractivity contribution in [2.45, 2.75) is 57.2 Å². The van der Waals surface area contributed by atoms with Crippen LogP contribution < -0.4 is 5.73 Å². The van der Waals surface area contributed by atoms with Gasteiger partial charge in [-0.25, -0.2) is 0 Å². The first kappa shape index (κ1) is 12.8. The van der Waals surface area contributed by atoms with Crippen molar-refractivity contribution in [2.75, 3.05) is 13.7 Å². The van der Waals surface area contributed by atoms with Crippen molar-refractivity contribution in [3.63, 3.8) is 0 Å². The SMILES string of the molecule is COCC(N)C(=O)N1C(C)CC2CCCCC21. The molecule has 1 aliphatic heterocycles. The first-order valence-electron chi connectivity index (χ1n) is 6.71. The van der Waals surface area contributed by atoms with E-state index in [4.69, 9.17) is 10.5 Å². The fourth-order valence-corrected chi connectivity index (χ4v) is 3.53. The van der Waals surface area contributed by atoms with Crippen molar-refractivity contribution in [3.05, 3.63) is 0 Å². The van der Waals surface area contributed by atoms with Crippen LogP contribution in [-0.4, -0.2) is 42.6 Å². The lowest BCUT2D eigenvalue weighted by Crippen LogP contribution is -2.51. The van der Waals surface area contributed by atoms with Crippen LogP contribution >= 0.6 is 0 Å². The van der Waals surface area contributed by atoms with Crippen molar-refractivity contribution in [1.29, 1.82) is 0 Å². The number of hydrogen-bond donors (Lipinski definition) is 1. The van der Waals surface area contributed by atoms with Gasteiger partial charge in [0.15, 0.2) is 0 Å². The molecule has 1 saturated heterocycles. The maximum absolute atomic E-state index is 12.3. The number of hydrogen-bond acceptors (Lipinski definition) is 3. The molecule has 4 heteroatoms. The second-order valence-electron chi connectivity index (χ2n) is 5.50. The molecule has 17 heavy (non-hydrogen) atoms. The van der Waals surface area contributed by atoms with Crippen LogP contribution in [0.25, 0.3) is 0 Å². The van der Waals surface area contributed by atoms with E-state index in [-0.39, 0.29) is 5.91 Å². The molecule has 2 N–H and O–H groups in total. The molecule has 1 heterocycles. The molecule has 98 valence electrons. The highest BCUT2D eigenvalue weighted by atomic mass is 16.5. The lowest BCUT2D eigenvalue weighted by Gasteiger charge is -2.34. The number of nitrogens with two attached hydrogens (primary N) is 1. The molecule has 0 aromatic rings. The van der Waals surface area contributed by atoms with Gasteiger partial charge in [-0.05, 0) is 32.1 Å². The van der Waals surface area contributed by atoms with Crippen LogP contribution in [0.2, 0.25) is 0 Å². The molecule has 4 atom stereocenters. The summed E-state index contributed by atoms with van der Waals surface area (Å²) in [4.78, 5) is 14.4. The second kappa shape index (κ2) is 5.36. The molecule has 0 bridgehead atoms. The van der Waals surface area contributed by atoms with Gasteiger partial charge in [-0.15, -0.1) is 0 Å². The third kappa shape index (κ3) is 2.47. The van der Waals surface area contributed by atoms with Crippen molar-refractivity contribution in [1.82, 2.24) is 4.90 Å². The van der Waals surface area contributed by atoms with E-state index in [1.807, 2.05) is 4.90 Å². The number of rotatable bonds is 3. The predicted molar refractivity (Wildman–Crippen MR) is 66.5 cm³/mol. The predicted octanol–water partition coefficient (Wildman–Crippen LogP) is 1.14. The zero-order chi connectivity index (χ0) is 12.4. The van der Waals surface area contributed by atoms with Gasteiger partial charge in [0.2, 0.25) is 5.91 Å². The Morgan fingerprint density at radius 3 is 2.88 bits per heavy atom. The van der Waals surface area contributed by atoms with Crippen LogP contribution in [0.1, 0.15) is 39.0 Å². The molecule has 2 aliphatic rings. The second-order valence-corrected chi connectivity index (χ2v) is 5.50. The third-order valence-electron chi connectivity index (χ3n) is 4.26. The van der Waals surface area contributed by atoms with Crippen molar-refractivity contribution >= 4 is 5.91 Å². The lowest BCUT2D eigenvalue weighted by molar-refractivity contribution is -0.137. The molecule has 0 radical (unpaired) electrons. The fourth-order valence-electron chi connectivity index (χ4n) is 3.53. The topological polar surface area (TPSA) is 55.6 Å². The molecule has 1 amide bonds. The number of methoxy groups -OCH3 is 1. The van der Waals surface area contributed by atoms with Gasteiger partial charge in [0.25, 0.3) is 0 Å². The van der Waals surface area contributed by atoms with Gasteiger partial charge in [-0.2, -0.15) is 0 Å². The molecular weight excluding hydrogens is 216 g/mol. The average molecular weight is 240 g/mol. The highest BCUT2D eigenvalue weighted by Gasteiger charge is 2.43. The van der Waals surface area contributed by atoms with Crippen molar-refractivity contribution < 1.29 is 9.53 Å². The van der Waals surface area contributed by atoms with Gasteiger partial charge in [0, 0.05) is 19.2 Å². The number of amides is 1. The molecule has 0 spiro atoms. The Bertz CT molecular complexity index is 283. The third-order valence-corrected chi connectivity index (χ3v) is 4.26. The number of carbonyl (C=O) groups excluding carboxylic acids is 1. The molecule has 4 unspecified atom stereocenters. The Morgan fingerprint density at radius 1 is 1.47 bits per heavy atom. The van der Waals surface area contributed by atoms with Crippen LogP contribution in [0, 0.1) is 5.92 Å². The van der Waals surface area contributed by atoms with E-state index < -0.39 is 6.04 Å². The number of likely N-dealkylation sites (tertiary alicyclic amines) is 1. The van der Waals surface area contributed by atoms with Gasteiger partial charge in [-0.1, -0.05) is 12.8 Å². The summed E-state index contributed by atoms with van der Waals surface area (Å²) in [6.45, 7) is 2.47. The van der Waals surface area contributed by atoms with Crippen molar-refractivity contribution in [3.8, 4) is 0 Å². The summed E-state index contributed by atoms with van der Waals surface area (Å²) < 4.78 is 4.98. The maximum atomic E-state index is 12.3. The van der Waals surface area contributed by atoms with E-state index in [2.05, 4.69) is 6.92 Å². The van der Waals surface area contributed by atoms with E-state index >= 15 is 0 Å². The Balaban J connectivity index is 2.05. The minimum absolute atomic E-state index is 0.0775. The quantitative estimate of drug-likeness (QED) is 0.805. The molecule has 0 aromatic heterocycles. The van der Waals surface area contributed by atoms with E-state index in [0.717, 1.165) is 12.8 Å². The number of ether oxygens (including phenoxy) is 1. The average Bonchev–Trinajstić information content (AvgIpc) is 2.64. The van der Waals surface area contributed by atoms with Crippen LogP contribution in [0.15, 0.2) is 0 Å². The van der Waals surface area contributed by atoms with E-state index in [1.54, 1.807) is 7.11 Å². The Hall–Kier alpha value is -0.610. The summed E-state index contributed by atoms with van der Waals surface area (Å²) in [5, 5.41) is 0. The summed E-state index contributed by atoms with van der Waals surface area (Å²) in [5.74, 6) is 0.784. The van der Waals surface area contributed by atoms with Crippen LogP contribution in [-0.2, 0) is 9.53 Å². The number of carbonyl (C=O) groups is 1. The van der Waals surface area contributed by atoms with Gasteiger partial charge < -0.3 is 15.4 Å². The Kier molecular flexibility index (Phi) is 4.05. The van der Waals surface area contributed by atoms with Crippen LogP contribution in [0.5, 0.6) is 0 Å². The standard InChI is InChI=1S/C13H24N2O2/c1-9-7-10-5-3-4-6-12(10)15(9)13(16)11(14)8-17-2/h9-12H,3-8,14H2,1-2H3. The summed E-state index contributed by atoms with van der Waals surface area (Å²) in [6.07, 6.45) is 6.14. The van der Waals surface area contributed by atoms with Crippen LogP contribution in [0.4, 0.5) is 0 Å². The smallest absolute Gasteiger partial charge is 0.242 e. The van der Waals surface area contributed by atoms with Gasteiger partial charge >= 0.3 is 0 Å². The summed E-state index contributed by atoms with van der Waals surface area (Å²) in [5.41, 5.74) is 5.88. The van der Waals surface area contributed by atoms with E-state index in [0.29, 0.717) is 24.6 Å². The van der Waals surface area contributed by atoms with E-state index in [9.17, 15) is 4.79 Å². The van der Waals surface area contributed by atoms with Crippen molar-refractivity contribution in [2.24, 2.45) is 11.7 Å². The van der Waals surface area contributed by atoms with E-state index in [1.165, 1.54) is 19.3 Å². The molecule has 1 aliphatic carbocycles.